The van der Waals surface area contributed by atoms with Crippen molar-refractivity contribution in [2.24, 2.45) is 4.99 Å². The molecule has 0 amide bonds. The average Bonchev–Trinajstić information content (AvgIpc) is 2.94. The molecule has 2 heterocycles. The molecule has 2 N–H and O–H groups in total. The maximum Gasteiger partial charge on any atom is 0.191 e. The largest absolute Gasteiger partial charge is 0.357 e. The van der Waals surface area contributed by atoms with Crippen LogP contribution in [0.1, 0.15) is 23.6 Å². The van der Waals surface area contributed by atoms with E-state index in [1.807, 2.05) is 11.3 Å². The molecule has 1 aliphatic heterocycles. The van der Waals surface area contributed by atoms with E-state index in [0.29, 0.717) is 25.7 Å². The Morgan fingerprint density at radius 2 is 2.04 bits per heavy atom. The molecule has 1 unspecified atom stereocenters. The molecule has 6 nitrogen and oxygen atoms in total. The Hall–Kier alpha value is -0.390. The van der Waals surface area contributed by atoms with Crippen LogP contribution in [-0.2, 0) is 16.3 Å². The number of thiophene rings is 1. The van der Waals surface area contributed by atoms with Crippen molar-refractivity contribution in [1.82, 2.24) is 15.5 Å². The molecule has 0 aromatic carbocycles. The lowest BCUT2D eigenvalue weighted by Gasteiger charge is -2.26. The molecule has 0 bridgehead atoms. The van der Waals surface area contributed by atoms with Crippen LogP contribution in [0.3, 0.4) is 0 Å². The van der Waals surface area contributed by atoms with Gasteiger partial charge in [0.15, 0.2) is 15.8 Å². The van der Waals surface area contributed by atoms with Crippen LogP contribution in [0.15, 0.2) is 17.1 Å². The van der Waals surface area contributed by atoms with Gasteiger partial charge in [-0.25, -0.2) is 8.42 Å². The number of sulfone groups is 1. The molecule has 1 aromatic rings. The van der Waals surface area contributed by atoms with Gasteiger partial charge in [0.2, 0.25) is 0 Å². The van der Waals surface area contributed by atoms with Gasteiger partial charge in [0.05, 0.1) is 18.1 Å². The van der Waals surface area contributed by atoms with Gasteiger partial charge in [-0.1, -0.05) is 0 Å². The smallest absolute Gasteiger partial charge is 0.191 e. The van der Waals surface area contributed by atoms with Gasteiger partial charge in [-0.3, -0.25) is 9.89 Å². The van der Waals surface area contributed by atoms with Crippen LogP contribution in [0.2, 0.25) is 0 Å². The van der Waals surface area contributed by atoms with Gasteiger partial charge in [-0.05, 0) is 32.9 Å². The van der Waals surface area contributed by atoms with Crippen molar-refractivity contribution in [2.75, 3.05) is 44.2 Å². The molecule has 26 heavy (non-hydrogen) atoms. The second-order valence-corrected chi connectivity index (χ2v) is 10.2. The third-order valence-electron chi connectivity index (χ3n) is 4.15. The van der Waals surface area contributed by atoms with E-state index in [0.717, 1.165) is 25.5 Å². The molecule has 0 aliphatic carbocycles. The van der Waals surface area contributed by atoms with Crippen LogP contribution in [0.4, 0.5) is 0 Å². The highest BCUT2D eigenvalue weighted by atomic mass is 127. The van der Waals surface area contributed by atoms with Crippen molar-refractivity contribution in [2.45, 2.75) is 33.2 Å². The van der Waals surface area contributed by atoms with Crippen LogP contribution in [-0.4, -0.2) is 69.5 Å². The summed E-state index contributed by atoms with van der Waals surface area (Å²) in [5, 5.41) is 6.74. The van der Waals surface area contributed by atoms with Crippen molar-refractivity contribution in [1.29, 1.82) is 0 Å². The number of hydrogen-bond acceptors (Lipinski definition) is 5. The standard InChI is InChI=1S/C17H30N4O2S2.HI/c1-4-18-17(20-14(2)13-16-6-5-15(3)24-16)19-7-8-21-9-11-25(22,23)12-10-21;/h5-6,14H,4,7-13H2,1-3H3,(H2,18,19,20);1H. The van der Waals surface area contributed by atoms with E-state index in [-0.39, 0.29) is 35.5 Å². The van der Waals surface area contributed by atoms with E-state index in [1.165, 1.54) is 9.75 Å². The summed E-state index contributed by atoms with van der Waals surface area (Å²) in [5.41, 5.74) is 0. The van der Waals surface area contributed by atoms with Gasteiger partial charge in [0.1, 0.15) is 0 Å². The second-order valence-electron chi connectivity index (χ2n) is 6.52. The first-order valence-corrected chi connectivity index (χ1v) is 11.5. The maximum absolute atomic E-state index is 11.5. The predicted octanol–water partition coefficient (Wildman–Crippen LogP) is 1.89. The summed E-state index contributed by atoms with van der Waals surface area (Å²) in [4.78, 5) is 9.53. The van der Waals surface area contributed by atoms with Gasteiger partial charge >= 0.3 is 0 Å². The quantitative estimate of drug-likeness (QED) is 0.331. The zero-order valence-corrected chi connectivity index (χ0v) is 19.8. The molecule has 0 spiro atoms. The number of hydrogen-bond donors (Lipinski definition) is 2. The second kappa shape index (κ2) is 11.5. The molecule has 1 aromatic heterocycles. The molecule has 0 radical (unpaired) electrons. The van der Waals surface area contributed by atoms with Crippen molar-refractivity contribution < 1.29 is 8.42 Å². The highest BCUT2D eigenvalue weighted by Crippen LogP contribution is 2.16. The molecular formula is C17H31IN4O2S2. The van der Waals surface area contributed by atoms with Gasteiger partial charge in [-0.2, -0.15) is 0 Å². The first-order chi connectivity index (χ1) is 11.9. The fourth-order valence-electron chi connectivity index (χ4n) is 2.78. The van der Waals surface area contributed by atoms with Gasteiger partial charge < -0.3 is 10.6 Å². The average molecular weight is 514 g/mol. The number of aliphatic imine (C=N–C) groups is 1. The Morgan fingerprint density at radius 3 is 2.62 bits per heavy atom. The summed E-state index contributed by atoms with van der Waals surface area (Å²) < 4.78 is 22.9. The number of halogens is 1. The van der Waals surface area contributed by atoms with Crippen molar-refractivity contribution in [3.63, 3.8) is 0 Å². The molecule has 0 saturated carbocycles. The fourth-order valence-corrected chi connectivity index (χ4v) is 5.07. The van der Waals surface area contributed by atoms with Crippen LogP contribution in [0.5, 0.6) is 0 Å². The topological polar surface area (TPSA) is 73.8 Å². The number of guanidine groups is 1. The number of nitrogens with one attached hydrogen (secondary N) is 2. The van der Waals surface area contributed by atoms with Crippen LogP contribution in [0.25, 0.3) is 0 Å². The highest BCUT2D eigenvalue weighted by molar-refractivity contribution is 14.0. The van der Waals surface area contributed by atoms with E-state index >= 15 is 0 Å². The predicted molar refractivity (Wildman–Crippen MR) is 122 cm³/mol. The molecule has 1 fully saturated rings. The van der Waals surface area contributed by atoms with Gasteiger partial charge in [0, 0.05) is 48.4 Å². The Balaban J connectivity index is 0.00000338. The monoisotopic (exact) mass is 514 g/mol. The number of aryl methyl sites for hydroxylation is 1. The molecule has 150 valence electrons. The minimum absolute atomic E-state index is 0. The van der Waals surface area contributed by atoms with E-state index in [1.54, 1.807) is 0 Å². The first-order valence-electron chi connectivity index (χ1n) is 8.91. The van der Waals surface area contributed by atoms with Crippen LogP contribution in [0, 0.1) is 6.92 Å². The molecule has 9 heteroatoms. The Kier molecular flexibility index (Phi) is 10.4. The van der Waals surface area contributed by atoms with Gasteiger partial charge in [-0.15, -0.1) is 35.3 Å². The highest BCUT2D eigenvalue weighted by Gasteiger charge is 2.20. The minimum atomic E-state index is -2.81. The van der Waals surface area contributed by atoms with E-state index in [2.05, 4.69) is 53.4 Å². The summed E-state index contributed by atoms with van der Waals surface area (Å²) in [6, 6.07) is 4.65. The Labute approximate surface area is 178 Å². The number of rotatable bonds is 7. The lowest BCUT2D eigenvalue weighted by molar-refractivity contribution is 0.304. The van der Waals surface area contributed by atoms with Crippen molar-refractivity contribution in [3.8, 4) is 0 Å². The van der Waals surface area contributed by atoms with Gasteiger partial charge in [0.25, 0.3) is 0 Å². The molecule has 2 rings (SSSR count). The Bertz CT molecular complexity index is 662. The summed E-state index contributed by atoms with van der Waals surface area (Å²) in [6.45, 7) is 9.87. The molecule has 1 saturated heterocycles. The van der Waals surface area contributed by atoms with E-state index < -0.39 is 9.84 Å². The first kappa shape index (κ1) is 23.6. The third kappa shape index (κ3) is 8.53. The summed E-state index contributed by atoms with van der Waals surface area (Å²) in [5.74, 6) is 1.37. The van der Waals surface area contributed by atoms with Crippen molar-refractivity contribution >= 4 is 51.1 Å². The normalized spacial score (nSPS) is 18.8. The molecule has 1 atom stereocenters. The summed E-state index contributed by atoms with van der Waals surface area (Å²) >= 11 is 1.84. The SMILES string of the molecule is CCNC(=NCCN1CCS(=O)(=O)CC1)NC(C)Cc1ccc(C)s1.I. The van der Waals surface area contributed by atoms with Crippen LogP contribution >= 0.6 is 35.3 Å². The zero-order chi connectivity index (χ0) is 18.3. The van der Waals surface area contributed by atoms with E-state index in [9.17, 15) is 8.42 Å². The van der Waals surface area contributed by atoms with E-state index in [4.69, 9.17) is 0 Å². The molecular weight excluding hydrogens is 483 g/mol. The lowest BCUT2D eigenvalue weighted by atomic mass is 10.2. The van der Waals surface area contributed by atoms with Crippen molar-refractivity contribution in [3.05, 3.63) is 21.9 Å². The van der Waals surface area contributed by atoms with Crippen LogP contribution < -0.4 is 10.6 Å². The maximum atomic E-state index is 11.5. The fraction of sp³-hybridized carbons (Fsp3) is 0.706. The third-order valence-corrected chi connectivity index (χ3v) is 6.79. The zero-order valence-electron chi connectivity index (χ0n) is 15.8. The molecule has 1 aliphatic rings. The summed E-state index contributed by atoms with van der Waals surface area (Å²) in [7, 11) is -2.81. The lowest BCUT2D eigenvalue weighted by Crippen LogP contribution is -2.44. The minimum Gasteiger partial charge on any atom is -0.357 e. The number of nitrogens with zero attached hydrogens (tertiary/aromatic N) is 2. The Morgan fingerprint density at radius 1 is 1.35 bits per heavy atom. The summed E-state index contributed by atoms with van der Waals surface area (Å²) in [6.07, 6.45) is 0.979.